The van der Waals surface area contributed by atoms with Crippen LogP contribution in [-0.4, -0.2) is 31.9 Å². The van der Waals surface area contributed by atoms with Gasteiger partial charge in [0.1, 0.15) is 6.61 Å². The molecule has 0 radical (unpaired) electrons. The van der Waals surface area contributed by atoms with E-state index in [9.17, 15) is 4.79 Å². The van der Waals surface area contributed by atoms with Crippen LogP contribution in [0.25, 0.3) is 0 Å². The number of benzene rings is 1. The molecule has 0 atom stereocenters. The number of carboxylic acid groups (broad SMARTS) is 1. The van der Waals surface area contributed by atoms with Gasteiger partial charge in [-0.2, -0.15) is 0 Å². The average Bonchev–Trinajstić information content (AvgIpc) is 2.38. The molecule has 0 aliphatic carbocycles. The Bertz CT molecular complexity index is 428. The minimum absolute atomic E-state index is 0.134. The van der Waals surface area contributed by atoms with Crippen molar-refractivity contribution in [3.63, 3.8) is 0 Å². The van der Waals surface area contributed by atoms with Gasteiger partial charge in [0.25, 0.3) is 0 Å². The molecular formula is C13H16O5. The summed E-state index contributed by atoms with van der Waals surface area (Å²) in [5.74, 6) is 0.564. The molecule has 1 aromatic carbocycles. The van der Waals surface area contributed by atoms with Gasteiger partial charge in [-0.15, -0.1) is 0 Å². The van der Waals surface area contributed by atoms with Gasteiger partial charge in [-0.1, -0.05) is 6.07 Å². The Labute approximate surface area is 106 Å². The second kappa shape index (κ2) is 6.54. The van der Waals surface area contributed by atoms with E-state index in [0.29, 0.717) is 17.2 Å². The maximum atomic E-state index is 10.6. The summed E-state index contributed by atoms with van der Waals surface area (Å²) in [5, 5.41) is 8.71. The number of carbonyl (C=O) groups is 1. The number of hydrogen-bond donors (Lipinski definition) is 1. The molecule has 98 valence electrons. The minimum atomic E-state index is -0.967. The molecule has 0 saturated heterocycles. The zero-order chi connectivity index (χ0) is 13.5. The normalized spacial score (nSPS) is 10.9. The lowest BCUT2D eigenvalue weighted by atomic mass is 10.3. The number of methoxy groups -OCH3 is 2. The molecule has 0 bridgehead atoms. The fourth-order valence-electron chi connectivity index (χ4n) is 1.30. The number of ether oxygens (including phenoxy) is 3. The molecule has 0 aliphatic rings. The summed E-state index contributed by atoms with van der Waals surface area (Å²) >= 11 is 0. The third-order valence-corrected chi connectivity index (χ3v) is 2.34. The molecule has 0 unspecified atom stereocenters. The van der Waals surface area contributed by atoms with Gasteiger partial charge in [-0.05, 0) is 25.1 Å². The van der Waals surface area contributed by atoms with Crippen LogP contribution >= 0.6 is 0 Å². The van der Waals surface area contributed by atoms with E-state index >= 15 is 0 Å². The van der Waals surface area contributed by atoms with Crippen molar-refractivity contribution in [3.05, 3.63) is 29.8 Å². The second-order valence-corrected chi connectivity index (χ2v) is 3.49. The number of carboxylic acids is 1. The van der Waals surface area contributed by atoms with E-state index in [1.165, 1.54) is 27.2 Å². The summed E-state index contributed by atoms with van der Waals surface area (Å²) in [5.41, 5.74) is 0.226. The van der Waals surface area contributed by atoms with E-state index in [0.717, 1.165) is 0 Å². The molecule has 5 nitrogen and oxygen atoms in total. The molecule has 1 rings (SSSR count). The smallest absolute Gasteiger partial charge is 0.331 e. The van der Waals surface area contributed by atoms with Crippen LogP contribution in [0, 0.1) is 0 Å². The summed E-state index contributed by atoms with van der Waals surface area (Å²) in [6, 6.07) is 5.26. The van der Waals surface area contributed by atoms with Crippen LogP contribution in [0.4, 0.5) is 0 Å². The molecule has 1 N–H and O–H groups in total. The summed E-state index contributed by atoms with van der Waals surface area (Å²) in [6.45, 7) is 1.64. The van der Waals surface area contributed by atoms with E-state index in [4.69, 9.17) is 19.3 Å². The van der Waals surface area contributed by atoms with E-state index in [1.54, 1.807) is 18.2 Å². The van der Waals surface area contributed by atoms with Crippen LogP contribution in [0.15, 0.2) is 29.8 Å². The van der Waals surface area contributed by atoms with Crippen molar-refractivity contribution in [2.75, 3.05) is 20.8 Å². The quantitative estimate of drug-likeness (QED) is 0.785. The Morgan fingerprint density at radius 1 is 1.28 bits per heavy atom. The van der Waals surface area contributed by atoms with Crippen molar-refractivity contribution < 1.29 is 24.1 Å². The van der Waals surface area contributed by atoms with Gasteiger partial charge in [0, 0.05) is 5.57 Å². The number of rotatable bonds is 6. The third kappa shape index (κ3) is 3.41. The predicted octanol–water partition coefficient (Wildman–Crippen LogP) is 2.11. The molecular weight excluding hydrogens is 236 g/mol. The van der Waals surface area contributed by atoms with Gasteiger partial charge < -0.3 is 19.3 Å². The molecule has 0 fully saturated rings. The van der Waals surface area contributed by atoms with Crippen LogP contribution in [0.2, 0.25) is 0 Å². The van der Waals surface area contributed by atoms with E-state index in [-0.39, 0.29) is 12.2 Å². The standard InChI is InChI=1S/C13H16O5/c1-9(13(14)15)7-8-18-12-10(16-2)5-4-6-11(12)17-3/h4-7H,8H2,1-3H3,(H,14,15). The number of para-hydroxylation sites is 1. The first-order chi connectivity index (χ1) is 8.60. The Kier molecular flexibility index (Phi) is 5.05. The summed E-state index contributed by atoms with van der Waals surface area (Å²) in [7, 11) is 3.06. The zero-order valence-corrected chi connectivity index (χ0v) is 10.6. The molecule has 1 aromatic rings. The highest BCUT2D eigenvalue weighted by atomic mass is 16.5. The molecule has 0 spiro atoms. The van der Waals surface area contributed by atoms with Crippen LogP contribution in [0.5, 0.6) is 17.2 Å². The molecule has 0 aromatic heterocycles. The lowest BCUT2D eigenvalue weighted by molar-refractivity contribution is -0.132. The Morgan fingerprint density at radius 2 is 1.83 bits per heavy atom. The van der Waals surface area contributed by atoms with E-state index in [1.807, 2.05) is 0 Å². The van der Waals surface area contributed by atoms with Crippen LogP contribution < -0.4 is 14.2 Å². The first-order valence-electron chi connectivity index (χ1n) is 5.34. The highest BCUT2D eigenvalue weighted by Gasteiger charge is 2.10. The highest BCUT2D eigenvalue weighted by Crippen LogP contribution is 2.36. The Morgan fingerprint density at radius 3 is 2.28 bits per heavy atom. The van der Waals surface area contributed by atoms with Crippen molar-refractivity contribution in [1.29, 1.82) is 0 Å². The van der Waals surface area contributed by atoms with Crippen molar-refractivity contribution in [2.45, 2.75) is 6.92 Å². The lowest BCUT2D eigenvalue weighted by Crippen LogP contribution is -2.02. The van der Waals surface area contributed by atoms with Crippen molar-refractivity contribution in [3.8, 4) is 17.2 Å². The molecule has 18 heavy (non-hydrogen) atoms. The highest BCUT2D eigenvalue weighted by molar-refractivity contribution is 5.85. The van der Waals surface area contributed by atoms with Gasteiger partial charge in [0.2, 0.25) is 5.75 Å². The SMILES string of the molecule is COc1cccc(OC)c1OCC=C(C)C(=O)O. The largest absolute Gasteiger partial charge is 0.493 e. The Hall–Kier alpha value is -2.17. The molecule has 0 aliphatic heterocycles. The fourth-order valence-corrected chi connectivity index (χ4v) is 1.30. The van der Waals surface area contributed by atoms with Gasteiger partial charge in [-0.3, -0.25) is 0 Å². The maximum absolute atomic E-state index is 10.6. The topological polar surface area (TPSA) is 65.0 Å². The fraction of sp³-hybridized carbons (Fsp3) is 0.308. The van der Waals surface area contributed by atoms with Gasteiger partial charge >= 0.3 is 5.97 Å². The monoisotopic (exact) mass is 252 g/mol. The maximum Gasteiger partial charge on any atom is 0.331 e. The molecule has 0 saturated carbocycles. The van der Waals surface area contributed by atoms with Gasteiger partial charge in [0.15, 0.2) is 11.5 Å². The minimum Gasteiger partial charge on any atom is -0.493 e. The molecule has 5 heteroatoms. The zero-order valence-electron chi connectivity index (χ0n) is 10.6. The van der Waals surface area contributed by atoms with Crippen LogP contribution in [0.1, 0.15) is 6.92 Å². The van der Waals surface area contributed by atoms with E-state index in [2.05, 4.69) is 0 Å². The predicted molar refractivity (Wildman–Crippen MR) is 66.4 cm³/mol. The summed E-state index contributed by atoms with van der Waals surface area (Å²) < 4.78 is 15.8. The van der Waals surface area contributed by atoms with Crippen molar-refractivity contribution >= 4 is 5.97 Å². The first-order valence-corrected chi connectivity index (χ1v) is 5.34. The molecule has 0 heterocycles. The lowest BCUT2D eigenvalue weighted by Gasteiger charge is -2.12. The average molecular weight is 252 g/mol. The van der Waals surface area contributed by atoms with E-state index < -0.39 is 5.97 Å². The summed E-state index contributed by atoms with van der Waals surface area (Å²) in [6.07, 6.45) is 1.48. The Balaban J connectivity index is 2.83. The first kappa shape index (κ1) is 13.9. The van der Waals surface area contributed by atoms with Crippen molar-refractivity contribution in [1.82, 2.24) is 0 Å². The third-order valence-electron chi connectivity index (χ3n) is 2.34. The molecule has 0 amide bonds. The van der Waals surface area contributed by atoms with Crippen LogP contribution in [0.3, 0.4) is 0 Å². The van der Waals surface area contributed by atoms with Crippen molar-refractivity contribution in [2.24, 2.45) is 0 Å². The summed E-state index contributed by atoms with van der Waals surface area (Å²) in [4.78, 5) is 10.6. The van der Waals surface area contributed by atoms with Gasteiger partial charge in [0.05, 0.1) is 14.2 Å². The second-order valence-electron chi connectivity index (χ2n) is 3.49. The van der Waals surface area contributed by atoms with Gasteiger partial charge in [-0.25, -0.2) is 4.79 Å². The number of hydrogen-bond acceptors (Lipinski definition) is 4. The van der Waals surface area contributed by atoms with Crippen LogP contribution in [-0.2, 0) is 4.79 Å². The number of aliphatic carboxylic acids is 1.